The summed E-state index contributed by atoms with van der Waals surface area (Å²) in [6.45, 7) is 2.04. The first-order valence-electron chi connectivity index (χ1n) is 10.2. The van der Waals surface area contributed by atoms with E-state index >= 15 is 0 Å². The second-order valence-corrected chi connectivity index (χ2v) is 8.44. The van der Waals surface area contributed by atoms with Crippen LogP contribution in [0.2, 0.25) is 0 Å². The monoisotopic (exact) mass is 453 g/mol. The zero-order valence-electron chi connectivity index (χ0n) is 16.9. The number of alkyl halides is 5. The molecule has 0 radical (unpaired) electrons. The highest BCUT2D eigenvalue weighted by Gasteiger charge is 2.47. The van der Waals surface area contributed by atoms with Gasteiger partial charge in [0.25, 0.3) is 6.43 Å². The third kappa shape index (κ3) is 3.82. The molecular formula is C20H20F5N7. The van der Waals surface area contributed by atoms with Gasteiger partial charge in [-0.05, 0) is 25.0 Å². The van der Waals surface area contributed by atoms with Crippen molar-refractivity contribution in [2.75, 3.05) is 36.0 Å². The molecule has 2 aliphatic rings. The van der Waals surface area contributed by atoms with E-state index in [1.54, 1.807) is 6.20 Å². The van der Waals surface area contributed by atoms with Crippen LogP contribution in [0.25, 0.3) is 11.2 Å². The van der Waals surface area contributed by atoms with Gasteiger partial charge >= 0.3 is 6.18 Å². The summed E-state index contributed by atoms with van der Waals surface area (Å²) in [6, 6.07) is 2.05. The highest BCUT2D eigenvalue weighted by Crippen LogP contribution is 2.42. The van der Waals surface area contributed by atoms with Crippen molar-refractivity contribution in [2.24, 2.45) is 5.41 Å². The molecule has 0 aliphatic carbocycles. The molecule has 7 nitrogen and oxygen atoms in total. The van der Waals surface area contributed by atoms with Crippen LogP contribution in [-0.4, -0.2) is 57.3 Å². The van der Waals surface area contributed by atoms with Crippen molar-refractivity contribution >= 4 is 22.8 Å². The van der Waals surface area contributed by atoms with Crippen LogP contribution < -0.4 is 9.80 Å². The van der Waals surface area contributed by atoms with Crippen LogP contribution in [0.3, 0.4) is 0 Å². The lowest BCUT2D eigenvalue weighted by atomic mass is 9.73. The Morgan fingerprint density at radius 3 is 2.56 bits per heavy atom. The summed E-state index contributed by atoms with van der Waals surface area (Å²) in [6.07, 6.45) is -0.914. The number of aromatic nitrogens is 5. The van der Waals surface area contributed by atoms with Gasteiger partial charge in [-0.15, -0.1) is 0 Å². The number of hydrogen-bond acceptors (Lipinski definition) is 6. The Morgan fingerprint density at radius 1 is 1.03 bits per heavy atom. The average Bonchev–Trinajstić information content (AvgIpc) is 3.13. The van der Waals surface area contributed by atoms with Gasteiger partial charge in [-0.3, -0.25) is 0 Å². The van der Waals surface area contributed by atoms with E-state index in [0.29, 0.717) is 42.4 Å². The number of fused-ring (bicyclic) bond motifs is 1. The van der Waals surface area contributed by atoms with Crippen molar-refractivity contribution in [1.29, 1.82) is 0 Å². The third-order valence-electron chi connectivity index (χ3n) is 6.08. The molecule has 2 aliphatic heterocycles. The Morgan fingerprint density at radius 2 is 1.81 bits per heavy atom. The minimum atomic E-state index is -4.41. The smallest absolute Gasteiger partial charge is 0.355 e. The Balaban J connectivity index is 1.32. The number of anilines is 2. The normalized spacial score (nSPS) is 18.6. The molecule has 0 bridgehead atoms. The predicted molar refractivity (Wildman–Crippen MR) is 107 cm³/mol. The molecule has 12 heteroatoms. The molecule has 1 spiro atoms. The van der Waals surface area contributed by atoms with E-state index < -0.39 is 24.7 Å². The maximum Gasteiger partial charge on any atom is 0.416 e. The molecule has 0 N–H and O–H groups in total. The van der Waals surface area contributed by atoms with Gasteiger partial charge in [0, 0.05) is 37.8 Å². The second-order valence-electron chi connectivity index (χ2n) is 8.44. The van der Waals surface area contributed by atoms with Crippen LogP contribution in [0.4, 0.5) is 33.6 Å². The summed E-state index contributed by atoms with van der Waals surface area (Å²) >= 11 is 0. The molecular weight excluding hydrogens is 433 g/mol. The third-order valence-corrected chi connectivity index (χ3v) is 6.08. The van der Waals surface area contributed by atoms with E-state index in [1.165, 1.54) is 12.4 Å². The van der Waals surface area contributed by atoms with Gasteiger partial charge in [-0.1, -0.05) is 0 Å². The van der Waals surface area contributed by atoms with E-state index in [2.05, 4.69) is 25.0 Å². The van der Waals surface area contributed by atoms with E-state index in [4.69, 9.17) is 0 Å². The maximum absolute atomic E-state index is 13.0. The number of piperidine rings is 1. The first kappa shape index (κ1) is 20.8. The number of pyridine rings is 1. The van der Waals surface area contributed by atoms with Gasteiger partial charge in [0.2, 0.25) is 0 Å². The first-order valence-corrected chi connectivity index (χ1v) is 10.2. The van der Waals surface area contributed by atoms with Crippen LogP contribution in [0.15, 0.2) is 30.7 Å². The molecule has 32 heavy (non-hydrogen) atoms. The molecule has 3 aromatic rings. The highest BCUT2D eigenvalue weighted by atomic mass is 19.4. The summed E-state index contributed by atoms with van der Waals surface area (Å²) in [5.41, 5.74) is -0.0383. The fraction of sp³-hybridized carbons (Fsp3) is 0.500. The molecule has 0 unspecified atom stereocenters. The standard InChI is InChI=1S/C20H20F5N7/c21-15(22)9-32-18-14(7-28-32)27-8-17(29-18)30-5-1-3-19(10-30)11-31(12-19)16-6-13(2-4-26-16)20(23,24)25/h2,4,6-8,15H,1,3,5,9-12H2. The molecule has 5 rings (SSSR count). The lowest BCUT2D eigenvalue weighted by Crippen LogP contribution is -2.63. The fourth-order valence-electron chi connectivity index (χ4n) is 4.61. The zero-order chi connectivity index (χ0) is 22.5. The molecule has 0 atom stereocenters. The van der Waals surface area contributed by atoms with E-state index in [-0.39, 0.29) is 5.41 Å². The minimum Gasteiger partial charge on any atom is -0.355 e. The second kappa shape index (κ2) is 7.52. The Bertz CT molecular complexity index is 1120. The number of rotatable bonds is 4. The van der Waals surface area contributed by atoms with Crippen LogP contribution in [0.1, 0.15) is 18.4 Å². The lowest BCUT2D eigenvalue weighted by Gasteiger charge is -2.55. The van der Waals surface area contributed by atoms with Gasteiger partial charge in [-0.25, -0.2) is 28.4 Å². The van der Waals surface area contributed by atoms with Crippen molar-refractivity contribution in [2.45, 2.75) is 32.0 Å². The van der Waals surface area contributed by atoms with Gasteiger partial charge in [0.1, 0.15) is 23.7 Å². The molecule has 0 amide bonds. The Kier molecular flexibility index (Phi) is 4.90. The summed E-state index contributed by atoms with van der Waals surface area (Å²) in [7, 11) is 0. The van der Waals surface area contributed by atoms with Gasteiger partial charge in [0.15, 0.2) is 5.65 Å². The molecule has 3 aromatic heterocycles. The van der Waals surface area contributed by atoms with Gasteiger partial charge < -0.3 is 9.80 Å². The molecule has 0 saturated carbocycles. The maximum atomic E-state index is 13.0. The van der Waals surface area contributed by atoms with Gasteiger partial charge in [0.05, 0.1) is 18.0 Å². The van der Waals surface area contributed by atoms with E-state index in [1.807, 2.05) is 4.90 Å². The summed E-state index contributed by atoms with van der Waals surface area (Å²) < 4.78 is 65.8. The zero-order valence-corrected chi connectivity index (χ0v) is 16.9. The largest absolute Gasteiger partial charge is 0.416 e. The molecule has 0 aromatic carbocycles. The summed E-state index contributed by atoms with van der Waals surface area (Å²) in [5.74, 6) is 0.905. The predicted octanol–water partition coefficient (Wildman–Crippen LogP) is 3.61. The Hall–Kier alpha value is -3.05. The number of nitrogens with zero attached hydrogens (tertiary/aromatic N) is 7. The average molecular weight is 453 g/mol. The van der Waals surface area contributed by atoms with E-state index in [0.717, 1.165) is 36.2 Å². The summed E-state index contributed by atoms with van der Waals surface area (Å²) in [4.78, 5) is 16.9. The van der Waals surface area contributed by atoms with Crippen LogP contribution in [0, 0.1) is 5.41 Å². The van der Waals surface area contributed by atoms with E-state index in [9.17, 15) is 22.0 Å². The van der Waals surface area contributed by atoms with Crippen molar-refractivity contribution in [1.82, 2.24) is 24.7 Å². The topological polar surface area (TPSA) is 63.0 Å². The molecule has 170 valence electrons. The van der Waals surface area contributed by atoms with Crippen LogP contribution >= 0.6 is 0 Å². The quantitative estimate of drug-likeness (QED) is 0.563. The molecule has 5 heterocycles. The molecule has 2 saturated heterocycles. The Labute approximate surface area is 179 Å². The fourth-order valence-corrected chi connectivity index (χ4v) is 4.61. The van der Waals surface area contributed by atoms with Crippen molar-refractivity contribution in [3.63, 3.8) is 0 Å². The van der Waals surface area contributed by atoms with Crippen LogP contribution in [-0.2, 0) is 12.7 Å². The van der Waals surface area contributed by atoms with Gasteiger partial charge in [-0.2, -0.15) is 18.3 Å². The lowest BCUT2D eigenvalue weighted by molar-refractivity contribution is -0.137. The van der Waals surface area contributed by atoms with Crippen molar-refractivity contribution in [3.8, 4) is 0 Å². The highest BCUT2D eigenvalue weighted by molar-refractivity contribution is 5.71. The minimum absolute atomic E-state index is 0.0893. The first-order chi connectivity index (χ1) is 15.2. The molecule has 2 fully saturated rings. The number of hydrogen-bond donors (Lipinski definition) is 0. The van der Waals surface area contributed by atoms with Crippen LogP contribution in [0.5, 0.6) is 0 Å². The van der Waals surface area contributed by atoms with Crippen molar-refractivity contribution in [3.05, 3.63) is 36.3 Å². The SMILES string of the molecule is FC(F)Cn1ncc2ncc(N3CCCC4(CN(c5cc(C(F)(F)F)ccn5)C4)C3)nc21. The van der Waals surface area contributed by atoms with Crippen molar-refractivity contribution < 1.29 is 22.0 Å². The number of halogens is 5. The summed E-state index contributed by atoms with van der Waals surface area (Å²) in [5, 5.41) is 3.94.